The van der Waals surface area contributed by atoms with Gasteiger partial charge in [0.05, 0.1) is 12.2 Å². The van der Waals surface area contributed by atoms with E-state index in [9.17, 15) is 9.59 Å². The van der Waals surface area contributed by atoms with Crippen molar-refractivity contribution in [1.82, 2.24) is 19.8 Å². The van der Waals surface area contributed by atoms with Gasteiger partial charge < -0.3 is 9.80 Å². The van der Waals surface area contributed by atoms with Gasteiger partial charge in [0.25, 0.3) is 0 Å². The molecule has 0 spiro atoms. The first kappa shape index (κ1) is 15.9. The highest BCUT2D eigenvalue weighted by molar-refractivity contribution is 5.85. The summed E-state index contributed by atoms with van der Waals surface area (Å²) < 4.78 is 0. The van der Waals surface area contributed by atoms with E-state index in [4.69, 9.17) is 0 Å². The van der Waals surface area contributed by atoms with Crippen LogP contribution in [0.1, 0.15) is 50.1 Å². The molecule has 2 fully saturated rings. The summed E-state index contributed by atoms with van der Waals surface area (Å²) in [4.78, 5) is 36.8. The van der Waals surface area contributed by atoms with Crippen molar-refractivity contribution in [3.05, 3.63) is 24.3 Å². The molecule has 2 aliphatic rings. The Bertz CT molecular complexity index is 549. The Kier molecular flexibility index (Phi) is 5.20. The number of aromatic nitrogens is 2. The van der Waals surface area contributed by atoms with Crippen LogP contribution in [0, 0.1) is 0 Å². The average molecular weight is 316 g/mol. The molecule has 6 heteroatoms. The van der Waals surface area contributed by atoms with Crippen molar-refractivity contribution >= 4 is 11.8 Å². The molecule has 2 saturated heterocycles. The second kappa shape index (κ2) is 7.53. The van der Waals surface area contributed by atoms with Gasteiger partial charge in [0.2, 0.25) is 11.8 Å². The second-order valence-corrected chi connectivity index (χ2v) is 6.44. The molecule has 0 aliphatic carbocycles. The van der Waals surface area contributed by atoms with E-state index >= 15 is 0 Å². The maximum Gasteiger partial charge on any atom is 0.242 e. The third-order valence-corrected chi connectivity index (χ3v) is 4.77. The van der Waals surface area contributed by atoms with Crippen molar-refractivity contribution in [3.63, 3.8) is 0 Å². The molecule has 1 aromatic heterocycles. The quantitative estimate of drug-likeness (QED) is 0.849. The predicted octanol–water partition coefficient (Wildman–Crippen LogP) is 1.59. The zero-order valence-electron chi connectivity index (χ0n) is 13.5. The lowest BCUT2D eigenvalue weighted by molar-refractivity contribution is -0.140. The topological polar surface area (TPSA) is 66.4 Å². The number of nitrogens with zero attached hydrogens (tertiary/aromatic N) is 4. The lowest BCUT2D eigenvalue weighted by Gasteiger charge is -2.33. The molecular formula is C17H24N4O2. The van der Waals surface area contributed by atoms with Crippen molar-refractivity contribution in [2.24, 2.45) is 0 Å². The number of carbonyl (C=O) groups excluding carboxylic acids is 2. The molecule has 3 rings (SSSR count). The predicted molar refractivity (Wildman–Crippen MR) is 85.6 cm³/mol. The molecule has 3 heterocycles. The molecule has 2 aliphatic heterocycles. The Balaban J connectivity index is 1.59. The molecule has 0 saturated carbocycles. The standard InChI is InChI=1S/C17H24N4O2/c22-16-6-2-1-3-9-21(16)13-17(23)20-10-4-5-14(12-20)15-11-18-7-8-19-15/h7-8,11,14H,1-6,9-10,12-13H2/t14-/m1/s1. The van der Waals surface area contributed by atoms with Gasteiger partial charge in [0.1, 0.15) is 0 Å². The van der Waals surface area contributed by atoms with E-state index in [1.54, 1.807) is 23.5 Å². The first-order chi connectivity index (χ1) is 11.2. The minimum atomic E-state index is 0.0637. The number of hydrogen-bond donors (Lipinski definition) is 0. The van der Waals surface area contributed by atoms with E-state index in [0.29, 0.717) is 19.5 Å². The molecule has 0 N–H and O–H groups in total. The van der Waals surface area contributed by atoms with Crippen molar-refractivity contribution < 1.29 is 9.59 Å². The van der Waals surface area contributed by atoms with Crippen LogP contribution < -0.4 is 0 Å². The fourth-order valence-electron chi connectivity index (χ4n) is 3.44. The summed E-state index contributed by atoms with van der Waals surface area (Å²) in [6.07, 6.45) is 10.8. The summed E-state index contributed by atoms with van der Waals surface area (Å²) >= 11 is 0. The van der Waals surface area contributed by atoms with Gasteiger partial charge in [-0.2, -0.15) is 0 Å². The number of likely N-dealkylation sites (tertiary alicyclic amines) is 2. The SMILES string of the molecule is O=C1CCCCCN1CC(=O)N1CCC[C@@H](c2cnccn2)C1. The maximum absolute atomic E-state index is 12.6. The number of amides is 2. The van der Waals surface area contributed by atoms with E-state index in [0.717, 1.165) is 44.3 Å². The minimum absolute atomic E-state index is 0.0637. The molecule has 1 atom stereocenters. The van der Waals surface area contributed by atoms with E-state index in [1.165, 1.54) is 0 Å². The molecule has 124 valence electrons. The Morgan fingerprint density at radius 3 is 2.91 bits per heavy atom. The number of piperidine rings is 1. The molecule has 0 bridgehead atoms. The Morgan fingerprint density at radius 1 is 1.17 bits per heavy atom. The second-order valence-electron chi connectivity index (χ2n) is 6.44. The Labute approximate surface area is 136 Å². The van der Waals surface area contributed by atoms with Crippen LogP contribution in [0.2, 0.25) is 0 Å². The molecule has 0 unspecified atom stereocenters. The highest BCUT2D eigenvalue weighted by Crippen LogP contribution is 2.25. The third-order valence-electron chi connectivity index (χ3n) is 4.77. The molecule has 0 radical (unpaired) electrons. The summed E-state index contributed by atoms with van der Waals surface area (Å²) in [5.74, 6) is 0.438. The molecule has 6 nitrogen and oxygen atoms in total. The maximum atomic E-state index is 12.6. The molecular weight excluding hydrogens is 292 g/mol. The summed E-state index contributed by atoms with van der Waals surface area (Å²) in [6, 6.07) is 0. The van der Waals surface area contributed by atoms with Crippen LogP contribution in [0.4, 0.5) is 0 Å². The summed E-state index contributed by atoms with van der Waals surface area (Å²) in [6.45, 7) is 2.40. The van der Waals surface area contributed by atoms with Gasteiger partial charge in [-0.05, 0) is 25.7 Å². The van der Waals surface area contributed by atoms with Gasteiger partial charge in [-0.1, -0.05) is 6.42 Å². The first-order valence-electron chi connectivity index (χ1n) is 8.55. The van der Waals surface area contributed by atoms with Gasteiger partial charge in [-0.3, -0.25) is 19.6 Å². The van der Waals surface area contributed by atoms with Crippen molar-refractivity contribution in [1.29, 1.82) is 0 Å². The average Bonchev–Trinajstić information content (AvgIpc) is 2.80. The van der Waals surface area contributed by atoms with Gasteiger partial charge in [-0.25, -0.2) is 0 Å². The summed E-state index contributed by atoms with van der Waals surface area (Å²) in [5.41, 5.74) is 0.954. The first-order valence-corrected chi connectivity index (χ1v) is 8.55. The highest BCUT2D eigenvalue weighted by atomic mass is 16.2. The number of carbonyl (C=O) groups is 2. The van der Waals surface area contributed by atoms with Crippen LogP contribution in [-0.2, 0) is 9.59 Å². The van der Waals surface area contributed by atoms with Crippen molar-refractivity contribution in [3.8, 4) is 0 Å². The zero-order valence-corrected chi connectivity index (χ0v) is 13.5. The van der Waals surface area contributed by atoms with E-state index in [1.807, 2.05) is 4.90 Å². The summed E-state index contributed by atoms with van der Waals surface area (Å²) in [7, 11) is 0. The largest absolute Gasteiger partial charge is 0.340 e. The van der Waals surface area contributed by atoms with Crippen LogP contribution in [0.3, 0.4) is 0 Å². The van der Waals surface area contributed by atoms with Crippen LogP contribution in [0.15, 0.2) is 18.6 Å². The molecule has 2 amide bonds. The van der Waals surface area contributed by atoms with E-state index in [-0.39, 0.29) is 24.3 Å². The van der Waals surface area contributed by atoms with Crippen LogP contribution in [0.25, 0.3) is 0 Å². The van der Waals surface area contributed by atoms with Crippen LogP contribution in [-0.4, -0.2) is 57.8 Å². The highest BCUT2D eigenvalue weighted by Gasteiger charge is 2.28. The van der Waals surface area contributed by atoms with E-state index < -0.39 is 0 Å². The fraction of sp³-hybridized carbons (Fsp3) is 0.647. The van der Waals surface area contributed by atoms with Gasteiger partial charge >= 0.3 is 0 Å². The number of rotatable bonds is 3. The lowest BCUT2D eigenvalue weighted by atomic mass is 9.95. The normalized spacial score (nSPS) is 22.8. The Morgan fingerprint density at radius 2 is 2.09 bits per heavy atom. The molecule has 1 aromatic rings. The van der Waals surface area contributed by atoms with Gasteiger partial charge in [-0.15, -0.1) is 0 Å². The lowest BCUT2D eigenvalue weighted by Crippen LogP contribution is -2.46. The summed E-state index contributed by atoms with van der Waals surface area (Å²) in [5, 5.41) is 0. The van der Waals surface area contributed by atoms with Crippen LogP contribution in [0.5, 0.6) is 0 Å². The van der Waals surface area contributed by atoms with Crippen LogP contribution >= 0.6 is 0 Å². The number of hydrogen-bond acceptors (Lipinski definition) is 4. The molecule has 0 aromatic carbocycles. The Hall–Kier alpha value is -1.98. The zero-order chi connectivity index (χ0) is 16.1. The van der Waals surface area contributed by atoms with Crippen molar-refractivity contribution in [2.75, 3.05) is 26.2 Å². The van der Waals surface area contributed by atoms with Gasteiger partial charge in [0.15, 0.2) is 0 Å². The third kappa shape index (κ3) is 4.06. The fourth-order valence-corrected chi connectivity index (χ4v) is 3.44. The van der Waals surface area contributed by atoms with Crippen molar-refractivity contribution in [2.45, 2.75) is 44.4 Å². The smallest absolute Gasteiger partial charge is 0.242 e. The minimum Gasteiger partial charge on any atom is -0.340 e. The van der Waals surface area contributed by atoms with E-state index in [2.05, 4.69) is 9.97 Å². The molecule has 23 heavy (non-hydrogen) atoms. The van der Waals surface area contributed by atoms with Gasteiger partial charge in [0, 0.05) is 50.6 Å². The monoisotopic (exact) mass is 316 g/mol.